The van der Waals surface area contributed by atoms with Gasteiger partial charge in [-0.2, -0.15) is 10.2 Å². The highest BCUT2D eigenvalue weighted by molar-refractivity contribution is 5.98. The van der Waals surface area contributed by atoms with Crippen molar-refractivity contribution in [2.75, 3.05) is 37.6 Å². The van der Waals surface area contributed by atoms with Crippen molar-refractivity contribution in [1.82, 2.24) is 25.3 Å². The third-order valence-corrected chi connectivity index (χ3v) is 8.44. The highest BCUT2D eigenvalue weighted by Gasteiger charge is 2.42. The van der Waals surface area contributed by atoms with Gasteiger partial charge >= 0.3 is 0 Å². The van der Waals surface area contributed by atoms with Crippen LogP contribution in [0.2, 0.25) is 0 Å². The van der Waals surface area contributed by atoms with Gasteiger partial charge in [-0.25, -0.2) is 13.2 Å². The van der Waals surface area contributed by atoms with E-state index in [0.717, 1.165) is 11.6 Å². The Hall–Kier alpha value is -3.83. The normalized spacial score (nSPS) is 21.5. The zero-order valence-corrected chi connectivity index (χ0v) is 23.8. The van der Waals surface area contributed by atoms with Crippen molar-refractivity contribution in [3.63, 3.8) is 0 Å². The van der Waals surface area contributed by atoms with E-state index in [1.54, 1.807) is 21.9 Å². The van der Waals surface area contributed by atoms with Gasteiger partial charge in [-0.15, -0.1) is 0 Å². The molecule has 0 spiro atoms. The molecule has 6 rings (SSSR count). The molecular weight excluding hydrogens is 545 g/mol. The summed E-state index contributed by atoms with van der Waals surface area (Å²) in [7, 11) is 0. The van der Waals surface area contributed by atoms with E-state index < -0.39 is 22.9 Å². The number of carbonyl (C=O) groups excluding carboxylic acids is 2. The average molecular weight is 579 g/mol. The molecule has 220 valence electrons. The molecule has 1 aromatic heterocycles. The van der Waals surface area contributed by atoms with Crippen molar-refractivity contribution in [1.29, 1.82) is 0 Å². The molecule has 1 fully saturated rings. The molecule has 2 atom stereocenters. The van der Waals surface area contributed by atoms with Crippen LogP contribution in [0.1, 0.15) is 53.6 Å². The molecule has 2 amide bonds. The van der Waals surface area contributed by atoms with E-state index in [9.17, 15) is 22.8 Å². The number of rotatable bonds is 6. The fraction of sp³-hybridized carbons (Fsp3) is 0.419. The molecule has 0 aliphatic carbocycles. The molecule has 4 heterocycles. The second-order valence-corrected chi connectivity index (χ2v) is 12.2. The number of anilines is 1. The summed E-state index contributed by atoms with van der Waals surface area (Å²) in [6.07, 6.45) is 0.113. The lowest BCUT2D eigenvalue weighted by Crippen LogP contribution is -2.60. The van der Waals surface area contributed by atoms with Crippen molar-refractivity contribution in [2.24, 2.45) is 0 Å². The van der Waals surface area contributed by atoms with Gasteiger partial charge in [0, 0.05) is 68.3 Å². The number of carbonyl (C=O) groups is 2. The molecule has 3 aliphatic rings. The van der Waals surface area contributed by atoms with Crippen LogP contribution in [0.5, 0.6) is 0 Å². The zero-order valence-electron chi connectivity index (χ0n) is 23.8. The molecule has 0 unspecified atom stereocenters. The Morgan fingerprint density at radius 1 is 1.07 bits per heavy atom. The standard InChI is InChI=1S/C31H33F3N6O2/c1-18-13-38(24(12-35-18)15-39-14-20-5-7-21(32)9-25(20)30(39)42)16-28(41)40-17-31(2,3)29-27(40)11-23(36-37-29)8-19-4-6-22(33)10-26(19)34/h4-7,9-11,18,24,35H,8,12-17H2,1-3H3/t18-,24-/m1/s1. The van der Waals surface area contributed by atoms with Crippen molar-refractivity contribution in [3.05, 3.63) is 88.0 Å². The average Bonchev–Trinajstić information content (AvgIpc) is 3.39. The van der Waals surface area contributed by atoms with Crippen LogP contribution in [0.15, 0.2) is 42.5 Å². The minimum Gasteiger partial charge on any atom is -0.333 e. The minimum atomic E-state index is -0.658. The number of fused-ring (bicyclic) bond motifs is 2. The monoisotopic (exact) mass is 578 g/mol. The van der Waals surface area contributed by atoms with Crippen LogP contribution in [0.4, 0.5) is 18.9 Å². The summed E-state index contributed by atoms with van der Waals surface area (Å²) in [4.78, 5) is 32.5. The molecule has 3 aliphatic heterocycles. The van der Waals surface area contributed by atoms with Crippen LogP contribution in [0, 0.1) is 17.5 Å². The van der Waals surface area contributed by atoms with E-state index in [2.05, 4.69) is 27.3 Å². The van der Waals surface area contributed by atoms with Crippen LogP contribution in [0.25, 0.3) is 0 Å². The lowest BCUT2D eigenvalue weighted by atomic mass is 9.91. The number of piperazine rings is 1. The fourth-order valence-electron chi connectivity index (χ4n) is 6.23. The lowest BCUT2D eigenvalue weighted by molar-refractivity contribution is -0.120. The molecular formula is C31H33F3N6O2. The third-order valence-electron chi connectivity index (χ3n) is 8.44. The molecule has 0 bridgehead atoms. The molecule has 1 saturated heterocycles. The molecule has 0 radical (unpaired) electrons. The van der Waals surface area contributed by atoms with Gasteiger partial charge in [0.15, 0.2) is 0 Å². The van der Waals surface area contributed by atoms with E-state index >= 15 is 0 Å². The van der Waals surface area contributed by atoms with Gasteiger partial charge in [0.1, 0.15) is 17.5 Å². The van der Waals surface area contributed by atoms with Crippen LogP contribution < -0.4 is 10.2 Å². The van der Waals surface area contributed by atoms with Gasteiger partial charge in [-0.1, -0.05) is 26.0 Å². The molecule has 42 heavy (non-hydrogen) atoms. The van der Waals surface area contributed by atoms with E-state index in [0.29, 0.717) is 60.9 Å². The molecule has 11 heteroatoms. The largest absolute Gasteiger partial charge is 0.333 e. The first-order valence-corrected chi connectivity index (χ1v) is 14.1. The predicted octanol–water partition coefficient (Wildman–Crippen LogP) is 3.43. The van der Waals surface area contributed by atoms with E-state index in [1.165, 1.54) is 24.3 Å². The van der Waals surface area contributed by atoms with E-state index in [1.807, 2.05) is 13.8 Å². The van der Waals surface area contributed by atoms with E-state index in [-0.39, 0.29) is 36.9 Å². The number of hydrogen-bond donors (Lipinski definition) is 1. The number of nitrogens with one attached hydrogen (secondary N) is 1. The summed E-state index contributed by atoms with van der Waals surface area (Å²) in [6, 6.07) is 9.55. The number of halogens is 3. The van der Waals surface area contributed by atoms with Crippen LogP contribution in [-0.4, -0.2) is 76.6 Å². The zero-order chi connectivity index (χ0) is 29.8. The Bertz CT molecular complexity index is 1560. The maximum atomic E-state index is 14.3. The first kappa shape index (κ1) is 28.3. The fourth-order valence-corrected chi connectivity index (χ4v) is 6.23. The highest BCUT2D eigenvalue weighted by Crippen LogP contribution is 2.39. The van der Waals surface area contributed by atoms with Gasteiger partial charge in [0.25, 0.3) is 5.91 Å². The topological polar surface area (TPSA) is 81.7 Å². The Labute approximate surface area is 242 Å². The number of hydrogen-bond acceptors (Lipinski definition) is 6. The first-order valence-electron chi connectivity index (χ1n) is 14.1. The van der Waals surface area contributed by atoms with Gasteiger partial charge in [0.05, 0.1) is 23.6 Å². The summed E-state index contributed by atoms with van der Waals surface area (Å²) >= 11 is 0. The lowest BCUT2D eigenvalue weighted by Gasteiger charge is -2.41. The van der Waals surface area contributed by atoms with E-state index in [4.69, 9.17) is 0 Å². The third kappa shape index (κ3) is 5.38. The Morgan fingerprint density at radius 3 is 2.62 bits per heavy atom. The van der Waals surface area contributed by atoms with Gasteiger partial charge in [-0.05, 0) is 42.3 Å². The van der Waals surface area contributed by atoms with Gasteiger partial charge < -0.3 is 15.1 Å². The Morgan fingerprint density at radius 2 is 1.83 bits per heavy atom. The molecule has 8 nitrogen and oxygen atoms in total. The van der Waals surface area contributed by atoms with Gasteiger partial charge in [0.2, 0.25) is 5.91 Å². The summed E-state index contributed by atoms with van der Waals surface area (Å²) in [5, 5.41) is 12.2. The molecule has 1 N–H and O–H groups in total. The smallest absolute Gasteiger partial charge is 0.254 e. The molecule has 2 aromatic carbocycles. The second-order valence-electron chi connectivity index (χ2n) is 12.2. The number of benzene rings is 2. The summed E-state index contributed by atoms with van der Waals surface area (Å²) in [6.45, 7) is 8.65. The SMILES string of the molecule is C[C@@H]1CN(CC(=O)N2CC(C)(C)c3nnc(Cc4ccc(F)cc4F)cc32)[C@@H](CN2Cc3ccc(F)cc3C2=O)CN1. The molecule has 3 aromatic rings. The van der Waals surface area contributed by atoms with Crippen molar-refractivity contribution in [2.45, 2.75) is 51.2 Å². The van der Waals surface area contributed by atoms with Crippen molar-refractivity contribution in [3.8, 4) is 0 Å². The summed E-state index contributed by atoms with van der Waals surface area (Å²) in [5.74, 6) is -2.05. The maximum absolute atomic E-state index is 14.3. The Balaban J connectivity index is 1.20. The molecule has 0 saturated carbocycles. The number of amides is 2. The van der Waals surface area contributed by atoms with Crippen molar-refractivity contribution >= 4 is 17.5 Å². The van der Waals surface area contributed by atoms with Crippen LogP contribution in [-0.2, 0) is 23.2 Å². The number of nitrogens with zero attached hydrogens (tertiary/aromatic N) is 5. The maximum Gasteiger partial charge on any atom is 0.254 e. The summed E-state index contributed by atoms with van der Waals surface area (Å²) in [5.41, 5.74) is 2.86. The van der Waals surface area contributed by atoms with Crippen LogP contribution in [0.3, 0.4) is 0 Å². The first-order chi connectivity index (χ1) is 20.0. The summed E-state index contributed by atoms with van der Waals surface area (Å²) < 4.78 is 41.5. The number of aromatic nitrogens is 2. The minimum absolute atomic E-state index is 0.106. The Kier molecular flexibility index (Phi) is 7.26. The van der Waals surface area contributed by atoms with Gasteiger partial charge in [-0.3, -0.25) is 14.5 Å². The van der Waals surface area contributed by atoms with Crippen LogP contribution >= 0.6 is 0 Å². The second kappa shape index (κ2) is 10.8. The predicted molar refractivity (Wildman–Crippen MR) is 151 cm³/mol. The van der Waals surface area contributed by atoms with Crippen molar-refractivity contribution < 1.29 is 22.8 Å². The highest BCUT2D eigenvalue weighted by atomic mass is 19.1. The quantitative estimate of drug-likeness (QED) is 0.483.